The van der Waals surface area contributed by atoms with Crippen molar-refractivity contribution in [1.82, 2.24) is 10.3 Å². The molecule has 1 aliphatic rings. The largest absolute Gasteiger partial charge is 0.375 e. The zero-order chi connectivity index (χ0) is 15.2. The highest BCUT2D eigenvalue weighted by Crippen LogP contribution is 2.19. The van der Waals surface area contributed by atoms with Gasteiger partial charge in [-0.3, -0.25) is 0 Å². The van der Waals surface area contributed by atoms with Crippen molar-refractivity contribution in [1.29, 1.82) is 0 Å². The van der Waals surface area contributed by atoms with Gasteiger partial charge in [-0.2, -0.15) is 0 Å². The summed E-state index contributed by atoms with van der Waals surface area (Å²) in [5.41, 5.74) is 2.53. The Kier molecular flexibility index (Phi) is 6.00. The average molecular weight is 291 g/mol. The van der Waals surface area contributed by atoms with Crippen LogP contribution in [0.2, 0.25) is 0 Å². The van der Waals surface area contributed by atoms with Crippen molar-refractivity contribution < 1.29 is 4.74 Å². The fraction of sp³-hybridized carbons (Fsp3) is 0.706. The molecule has 4 nitrogen and oxygen atoms in total. The van der Waals surface area contributed by atoms with Crippen LogP contribution in [0, 0.1) is 0 Å². The van der Waals surface area contributed by atoms with E-state index in [4.69, 9.17) is 9.72 Å². The summed E-state index contributed by atoms with van der Waals surface area (Å²) in [6, 6.07) is 4.97. The van der Waals surface area contributed by atoms with Crippen molar-refractivity contribution >= 4 is 5.82 Å². The van der Waals surface area contributed by atoms with E-state index in [0.717, 1.165) is 44.9 Å². The van der Waals surface area contributed by atoms with Crippen molar-refractivity contribution in [3.05, 3.63) is 23.4 Å². The number of anilines is 1. The molecule has 0 aromatic carbocycles. The predicted octanol–water partition coefficient (Wildman–Crippen LogP) is 2.76. The first-order chi connectivity index (χ1) is 10.1. The van der Waals surface area contributed by atoms with Gasteiger partial charge in [0.15, 0.2) is 0 Å². The Morgan fingerprint density at radius 2 is 2.24 bits per heavy atom. The molecule has 0 radical (unpaired) electrons. The summed E-state index contributed by atoms with van der Waals surface area (Å²) in [5.74, 6) is 1.11. The number of pyridine rings is 1. The Morgan fingerprint density at radius 1 is 1.43 bits per heavy atom. The predicted molar refractivity (Wildman–Crippen MR) is 87.8 cm³/mol. The molecule has 2 heterocycles. The molecule has 0 saturated carbocycles. The van der Waals surface area contributed by atoms with Gasteiger partial charge < -0.3 is 15.0 Å². The first-order valence-corrected chi connectivity index (χ1v) is 8.18. The summed E-state index contributed by atoms with van der Waals surface area (Å²) >= 11 is 0. The number of aromatic nitrogens is 1. The third-order valence-corrected chi connectivity index (χ3v) is 3.71. The van der Waals surface area contributed by atoms with E-state index in [1.807, 2.05) is 0 Å². The van der Waals surface area contributed by atoms with Crippen LogP contribution in [-0.2, 0) is 17.7 Å². The second-order valence-corrected chi connectivity index (χ2v) is 6.24. The van der Waals surface area contributed by atoms with E-state index in [0.29, 0.717) is 6.04 Å². The maximum atomic E-state index is 5.63. The van der Waals surface area contributed by atoms with Crippen LogP contribution < -0.4 is 10.2 Å². The Labute approximate surface area is 128 Å². The highest BCUT2D eigenvalue weighted by molar-refractivity contribution is 5.43. The van der Waals surface area contributed by atoms with E-state index in [1.54, 1.807) is 0 Å². The lowest BCUT2D eigenvalue weighted by atomic mass is 10.1. The number of nitrogens with one attached hydrogen (secondary N) is 1. The number of ether oxygens (including phenoxy) is 1. The van der Waals surface area contributed by atoms with Gasteiger partial charge in [0.2, 0.25) is 0 Å². The second kappa shape index (κ2) is 7.76. The molecule has 4 heteroatoms. The molecule has 1 unspecified atom stereocenters. The molecule has 0 amide bonds. The van der Waals surface area contributed by atoms with Crippen LogP contribution >= 0.6 is 0 Å². The lowest BCUT2D eigenvalue weighted by molar-refractivity contribution is 0.0529. The van der Waals surface area contributed by atoms with E-state index in [9.17, 15) is 0 Å². The van der Waals surface area contributed by atoms with Crippen LogP contribution in [0.5, 0.6) is 0 Å². The van der Waals surface area contributed by atoms with Gasteiger partial charge in [-0.25, -0.2) is 4.98 Å². The minimum atomic E-state index is 0.285. The SMILES string of the molecule is CCCc1cc(CNC(C)C)cc(N2CCOC(C)C2)n1. The Morgan fingerprint density at radius 3 is 2.90 bits per heavy atom. The zero-order valence-corrected chi connectivity index (χ0v) is 13.9. The van der Waals surface area contributed by atoms with Crippen LogP contribution in [0.3, 0.4) is 0 Å². The van der Waals surface area contributed by atoms with E-state index in [2.05, 4.69) is 50.0 Å². The molecule has 0 bridgehead atoms. The molecular formula is C17H29N3O. The van der Waals surface area contributed by atoms with E-state index < -0.39 is 0 Å². The number of morpholine rings is 1. The van der Waals surface area contributed by atoms with Crippen LogP contribution in [0.4, 0.5) is 5.82 Å². The lowest BCUT2D eigenvalue weighted by Gasteiger charge is -2.32. The fourth-order valence-corrected chi connectivity index (χ4v) is 2.63. The zero-order valence-electron chi connectivity index (χ0n) is 13.9. The van der Waals surface area contributed by atoms with Gasteiger partial charge in [0.25, 0.3) is 0 Å². The van der Waals surface area contributed by atoms with Crippen molar-refractivity contribution in [2.45, 2.75) is 59.2 Å². The van der Waals surface area contributed by atoms with Crippen LogP contribution in [0.1, 0.15) is 45.4 Å². The van der Waals surface area contributed by atoms with Crippen molar-refractivity contribution in [3.8, 4) is 0 Å². The van der Waals surface area contributed by atoms with Gasteiger partial charge in [-0.1, -0.05) is 27.2 Å². The summed E-state index contributed by atoms with van der Waals surface area (Å²) in [6.07, 6.45) is 2.46. The average Bonchev–Trinajstić information content (AvgIpc) is 2.45. The van der Waals surface area contributed by atoms with Gasteiger partial charge in [-0.05, 0) is 31.0 Å². The summed E-state index contributed by atoms with van der Waals surface area (Å²) < 4.78 is 5.63. The fourth-order valence-electron chi connectivity index (χ4n) is 2.63. The topological polar surface area (TPSA) is 37.4 Å². The summed E-state index contributed by atoms with van der Waals surface area (Å²) in [5, 5.41) is 3.50. The van der Waals surface area contributed by atoms with Crippen LogP contribution in [0.25, 0.3) is 0 Å². The van der Waals surface area contributed by atoms with E-state index in [-0.39, 0.29) is 6.10 Å². The Balaban J connectivity index is 2.17. The quantitative estimate of drug-likeness (QED) is 0.874. The number of aryl methyl sites for hydroxylation is 1. The van der Waals surface area contributed by atoms with Crippen LogP contribution in [0.15, 0.2) is 12.1 Å². The summed E-state index contributed by atoms with van der Waals surface area (Å²) in [7, 11) is 0. The van der Waals surface area contributed by atoms with Gasteiger partial charge in [-0.15, -0.1) is 0 Å². The highest BCUT2D eigenvalue weighted by atomic mass is 16.5. The molecule has 118 valence electrons. The summed E-state index contributed by atoms with van der Waals surface area (Å²) in [6.45, 7) is 12.3. The molecule has 1 saturated heterocycles. The highest BCUT2D eigenvalue weighted by Gasteiger charge is 2.18. The minimum Gasteiger partial charge on any atom is -0.375 e. The second-order valence-electron chi connectivity index (χ2n) is 6.24. The van der Waals surface area contributed by atoms with Gasteiger partial charge in [0.05, 0.1) is 12.7 Å². The molecule has 1 fully saturated rings. The number of hydrogen-bond donors (Lipinski definition) is 1. The number of nitrogens with zero attached hydrogens (tertiary/aromatic N) is 2. The van der Waals surface area contributed by atoms with E-state index >= 15 is 0 Å². The monoisotopic (exact) mass is 291 g/mol. The third kappa shape index (κ3) is 4.97. The molecule has 2 rings (SSSR count). The lowest BCUT2D eigenvalue weighted by Crippen LogP contribution is -2.41. The molecular weight excluding hydrogens is 262 g/mol. The maximum Gasteiger partial charge on any atom is 0.129 e. The summed E-state index contributed by atoms with van der Waals surface area (Å²) in [4.78, 5) is 7.20. The molecule has 1 atom stereocenters. The molecule has 0 spiro atoms. The van der Waals surface area contributed by atoms with Gasteiger partial charge >= 0.3 is 0 Å². The van der Waals surface area contributed by atoms with Gasteiger partial charge in [0, 0.05) is 31.4 Å². The van der Waals surface area contributed by atoms with Crippen molar-refractivity contribution in [3.63, 3.8) is 0 Å². The number of hydrogen-bond acceptors (Lipinski definition) is 4. The van der Waals surface area contributed by atoms with Gasteiger partial charge in [0.1, 0.15) is 5.82 Å². The van der Waals surface area contributed by atoms with E-state index in [1.165, 1.54) is 11.3 Å². The van der Waals surface area contributed by atoms with Crippen molar-refractivity contribution in [2.75, 3.05) is 24.6 Å². The maximum absolute atomic E-state index is 5.63. The smallest absolute Gasteiger partial charge is 0.129 e. The Bertz CT molecular complexity index is 448. The number of rotatable bonds is 6. The Hall–Kier alpha value is -1.13. The first-order valence-electron chi connectivity index (χ1n) is 8.18. The molecule has 1 aromatic heterocycles. The minimum absolute atomic E-state index is 0.285. The first kappa shape index (κ1) is 16.2. The molecule has 1 aliphatic heterocycles. The third-order valence-electron chi connectivity index (χ3n) is 3.71. The molecule has 1 aromatic rings. The standard InChI is InChI=1S/C17H29N3O/c1-5-6-16-9-15(11-18-13(2)3)10-17(19-16)20-7-8-21-14(4)12-20/h9-10,13-14,18H,5-8,11-12H2,1-4H3. The van der Waals surface area contributed by atoms with Crippen LogP contribution in [-0.4, -0.2) is 36.8 Å². The molecule has 0 aliphatic carbocycles. The molecule has 1 N–H and O–H groups in total. The molecule has 21 heavy (non-hydrogen) atoms. The van der Waals surface area contributed by atoms with Crippen molar-refractivity contribution in [2.24, 2.45) is 0 Å². The normalized spacial score (nSPS) is 19.3.